The van der Waals surface area contributed by atoms with E-state index in [9.17, 15) is 0 Å². The molecule has 0 spiro atoms. The van der Waals surface area contributed by atoms with Crippen LogP contribution >= 0.6 is 0 Å². The molecule has 1 saturated carbocycles. The Bertz CT molecular complexity index is 601. The molecule has 1 fully saturated rings. The monoisotopic (exact) mass is 328 g/mol. The summed E-state index contributed by atoms with van der Waals surface area (Å²) in [5.74, 6) is 1.54. The minimum absolute atomic E-state index is 0.0866. The summed E-state index contributed by atoms with van der Waals surface area (Å²) in [5, 5.41) is 8.78. The van der Waals surface area contributed by atoms with Gasteiger partial charge in [-0.25, -0.2) is 0 Å². The molecule has 3 heteroatoms. The van der Waals surface area contributed by atoms with E-state index in [1.807, 2.05) is 12.2 Å². The van der Waals surface area contributed by atoms with Crippen LogP contribution in [0.15, 0.2) is 41.6 Å². The summed E-state index contributed by atoms with van der Waals surface area (Å²) in [4.78, 5) is 3.24. The van der Waals surface area contributed by atoms with Crippen molar-refractivity contribution in [2.45, 2.75) is 64.7 Å². The van der Waals surface area contributed by atoms with Crippen LogP contribution in [0.1, 0.15) is 69.4 Å². The zero-order valence-corrected chi connectivity index (χ0v) is 15.1. The Kier molecular flexibility index (Phi) is 7.38. The van der Waals surface area contributed by atoms with Gasteiger partial charge in [0.15, 0.2) is 0 Å². The number of aliphatic hydroxyl groups excluding tert-OH is 1. The number of aliphatic hydroxyl groups is 1. The maximum Gasteiger partial charge on any atom is 0.104 e. The Balaban J connectivity index is 1.99. The van der Waals surface area contributed by atoms with E-state index in [1.54, 1.807) is 6.08 Å². The van der Waals surface area contributed by atoms with Gasteiger partial charge in [-0.1, -0.05) is 49.1 Å². The number of hydrogen-bond acceptors (Lipinski definition) is 2. The number of nitrogen functional groups attached to an aromatic ring is 1. The smallest absolute Gasteiger partial charge is 0.104 e. The van der Waals surface area contributed by atoms with Gasteiger partial charge >= 0.3 is 0 Å². The summed E-state index contributed by atoms with van der Waals surface area (Å²) in [6, 6.07) is 0. The predicted molar refractivity (Wildman–Crippen MR) is 103 cm³/mol. The van der Waals surface area contributed by atoms with Crippen molar-refractivity contribution in [2.24, 2.45) is 0 Å². The van der Waals surface area contributed by atoms with E-state index in [-0.39, 0.29) is 6.61 Å². The van der Waals surface area contributed by atoms with Crippen molar-refractivity contribution < 1.29 is 5.11 Å². The molecule has 1 aromatic rings. The van der Waals surface area contributed by atoms with Crippen molar-refractivity contribution in [1.82, 2.24) is 4.98 Å². The minimum Gasteiger partial charge on any atom is -0.392 e. The first kappa shape index (κ1) is 18.6. The van der Waals surface area contributed by atoms with Crippen LogP contribution < -0.4 is 5.73 Å². The van der Waals surface area contributed by atoms with Crippen LogP contribution in [0, 0.1) is 0 Å². The molecule has 0 saturated heterocycles. The van der Waals surface area contributed by atoms with Crippen molar-refractivity contribution in [1.29, 1.82) is 0 Å². The molecule has 0 unspecified atom stereocenters. The van der Waals surface area contributed by atoms with Crippen molar-refractivity contribution >= 4 is 5.82 Å². The van der Waals surface area contributed by atoms with Crippen LogP contribution in [0.2, 0.25) is 0 Å². The first-order valence-corrected chi connectivity index (χ1v) is 9.20. The van der Waals surface area contributed by atoms with E-state index < -0.39 is 0 Å². The summed E-state index contributed by atoms with van der Waals surface area (Å²) in [6.07, 6.45) is 18.8. The van der Waals surface area contributed by atoms with Gasteiger partial charge < -0.3 is 15.8 Å². The Morgan fingerprint density at radius 1 is 1.25 bits per heavy atom. The zero-order chi connectivity index (χ0) is 17.4. The fraction of sp³-hybridized carbons (Fsp3) is 0.524. The molecule has 1 aliphatic rings. The normalized spacial score (nSPS) is 17.8. The molecule has 3 nitrogen and oxygen atoms in total. The van der Waals surface area contributed by atoms with Gasteiger partial charge in [0.05, 0.1) is 6.61 Å². The van der Waals surface area contributed by atoms with Gasteiger partial charge in [0.2, 0.25) is 0 Å². The molecule has 1 aliphatic carbocycles. The SMILES string of the molecule is CC(=C\C=C/CO)/C(C)=C/CCc1c(C2CCCCC2)c[nH]c1N. The molecule has 1 aromatic heterocycles. The molecule has 24 heavy (non-hydrogen) atoms. The van der Waals surface area contributed by atoms with E-state index in [2.05, 4.69) is 31.1 Å². The van der Waals surface area contributed by atoms with Gasteiger partial charge in [-0.15, -0.1) is 0 Å². The number of nitrogens with one attached hydrogen (secondary N) is 1. The molecule has 2 rings (SSSR count). The summed E-state index contributed by atoms with van der Waals surface area (Å²) in [6.45, 7) is 4.33. The van der Waals surface area contributed by atoms with E-state index in [0.717, 1.165) is 18.7 Å². The fourth-order valence-electron chi connectivity index (χ4n) is 3.54. The number of hydrogen-bond donors (Lipinski definition) is 3. The summed E-state index contributed by atoms with van der Waals surface area (Å²) in [5.41, 5.74) is 11.5. The van der Waals surface area contributed by atoms with Crippen molar-refractivity contribution in [3.63, 3.8) is 0 Å². The highest BCUT2D eigenvalue weighted by Crippen LogP contribution is 2.36. The lowest BCUT2D eigenvalue weighted by Gasteiger charge is -2.22. The molecule has 132 valence electrons. The van der Waals surface area contributed by atoms with Crippen LogP contribution in [0.5, 0.6) is 0 Å². The Morgan fingerprint density at radius 2 is 2.00 bits per heavy atom. The maximum atomic E-state index is 8.78. The Morgan fingerprint density at radius 3 is 2.71 bits per heavy atom. The van der Waals surface area contributed by atoms with E-state index in [1.165, 1.54) is 54.4 Å². The third-order valence-electron chi connectivity index (χ3n) is 5.16. The number of aromatic nitrogens is 1. The maximum absolute atomic E-state index is 8.78. The predicted octanol–water partition coefficient (Wildman–Crippen LogP) is 5.02. The first-order chi connectivity index (χ1) is 11.6. The molecule has 4 N–H and O–H groups in total. The molecule has 0 bridgehead atoms. The van der Waals surface area contributed by atoms with Crippen molar-refractivity contribution in [3.05, 3.63) is 52.8 Å². The minimum atomic E-state index is 0.0866. The Hall–Kier alpha value is -1.74. The number of aromatic amines is 1. The lowest BCUT2D eigenvalue weighted by molar-refractivity contribution is 0.343. The quantitative estimate of drug-likeness (QED) is 0.616. The summed E-state index contributed by atoms with van der Waals surface area (Å²) < 4.78 is 0. The van der Waals surface area contributed by atoms with E-state index in [0.29, 0.717) is 5.92 Å². The number of anilines is 1. The van der Waals surface area contributed by atoms with Gasteiger partial charge in [0, 0.05) is 6.20 Å². The first-order valence-electron chi connectivity index (χ1n) is 9.20. The van der Waals surface area contributed by atoms with E-state index in [4.69, 9.17) is 10.8 Å². The Labute approximate surface area is 146 Å². The topological polar surface area (TPSA) is 62.0 Å². The molecule has 0 amide bonds. The van der Waals surface area contributed by atoms with Gasteiger partial charge in [-0.2, -0.15) is 0 Å². The second-order valence-corrected chi connectivity index (χ2v) is 6.86. The van der Waals surface area contributed by atoms with Gasteiger partial charge in [-0.3, -0.25) is 0 Å². The average Bonchev–Trinajstić information content (AvgIpc) is 2.96. The van der Waals surface area contributed by atoms with Crippen LogP contribution in [0.3, 0.4) is 0 Å². The van der Waals surface area contributed by atoms with Crippen molar-refractivity contribution in [2.75, 3.05) is 12.3 Å². The molecule has 0 aromatic carbocycles. The average molecular weight is 329 g/mol. The third kappa shape index (κ3) is 5.13. The van der Waals surface area contributed by atoms with Crippen molar-refractivity contribution in [3.8, 4) is 0 Å². The van der Waals surface area contributed by atoms with Crippen LogP contribution in [-0.4, -0.2) is 16.7 Å². The zero-order valence-electron chi connectivity index (χ0n) is 15.1. The highest BCUT2D eigenvalue weighted by molar-refractivity contribution is 5.48. The van der Waals surface area contributed by atoms with Gasteiger partial charge in [-0.05, 0) is 62.1 Å². The van der Waals surface area contributed by atoms with E-state index >= 15 is 0 Å². The third-order valence-corrected chi connectivity index (χ3v) is 5.16. The van der Waals surface area contributed by atoms with Crippen LogP contribution in [0.25, 0.3) is 0 Å². The second-order valence-electron chi connectivity index (χ2n) is 6.86. The highest BCUT2D eigenvalue weighted by atomic mass is 16.2. The summed E-state index contributed by atoms with van der Waals surface area (Å²) in [7, 11) is 0. The molecule has 0 aliphatic heterocycles. The second kappa shape index (κ2) is 9.53. The lowest BCUT2D eigenvalue weighted by atomic mass is 9.83. The molecule has 0 radical (unpaired) electrons. The van der Waals surface area contributed by atoms with Crippen LogP contribution in [0.4, 0.5) is 5.82 Å². The molecular weight excluding hydrogens is 296 g/mol. The highest BCUT2D eigenvalue weighted by Gasteiger charge is 2.20. The van der Waals surface area contributed by atoms with Crippen LogP contribution in [-0.2, 0) is 6.42 Å². The fourth-order valence-corrected chi connectivity index (χ4v) is 3.54. The number of nitrogens with two attached hydrogens (primary N) is 1. The lowest BCUT2D eigenvalue weighted by Crippen LogP contribution is -2.06. The molecule has 1 heterocycles. The number of H-pyrrole nitrogens is 1. The van der Waals surface area contributed by atoms with Gasteiger partial charge in [0.25, 0.3) is 0 Å². The largest absolute Gasteiger partial charge is 0.392 e. The summed E-state index contributed by atoms with van der Waals surface area (Å²) >= 11 is 0. The standard InChI is InChI=1S/C21H32N2O/c1-16(9-6-7-14-24)17(2)10-8-13-19-20(15-23-21(19)22)18-11-4-3-5-12-18/h6-7,9-10,15,18,23-24H,3-5,8,11-14,22H2,1-2H3/b7-6-,16-9+,17-10+. The number of allylic oxidation sites excluding steroid dienone is 5. The number of rotatable bonds is 7. The van der Waals surface area contributed by atoms with Gasteiger partial charge in [0.1, 0.15) is 5.82 Å². The molecule has 0 atom stereocenters. The molecular formula is C21H32N2O.